The van der Waals surface area contributed by atoms with Gasteiger partial charge in [0, 0.05) is 25.7 Å². The zero-order valence-corrected chi connectivity index (χ0v) is 16.2. The van der Waals surface area contributed by atoms with E-state index in [1.807, 2.05) is 30.3 Å². The fraction of sp³-hybridized carbons (Fsp3) is 0.368. The van der Waals surface area contributed by atoms with Crippen molar-refractivity contribution < 1.29 is 18.1 Å². The largest absolute Gasteiger partial charge is 0.371 e. The van der Waals surface area contributed by atoms with Gasteiger partial charge in [-0.15, -0.1) is 0 Å². The smallest absolute Gasteiger partial charge is 0.289 e. The molecule has 0 aromatic heterocycles. The van der Waals surface area contributed by atoms with Crippen LogP contribution in [0.3, 0.4) is 0 Å². The molecule has 1 fully saturated rings. The number of nitro benzene ring substituents is 1. The molecule has 1 unspecified atom stereocenters. The Bertz CT molecular complexity index is 905. The van der Waals surface area contributed by atoms with E-state index >= 15 is 0 Å². The van der Waals surface area contributed by atoms with E-state index in [1.54, 1.807) is 0 Å². The predicted molar refractivity (Wildman–Crippen MR) is 104 cm³/mol. The second kappa shape index (κ2) is 9.24. The molecule has 1 saturated heterocycles. The zero-order chi connectivity index (χ0) is 20.0. The Morgan fingerprint density at radius 3 is 2.61 bits per heavy atom. The van der Waals surface area contributed by atoms with Gasteiger partial charge in [-0.25, -0.2) is 13.1 Å². The Morgan fingerprint density at radius 2 is 1.86 bits per heavy atom. The third kappa shape index (κ3) is 5.14. The Kier molecular flexibility index (Phi) is 6.74. The minimum absolute atomic E-state index is 0.0126. The third-order valence-corrected chi connectivity index (χ3v) is 6.13. The molecule has 0 aliphatic carbocycles. The van der Waals surface area contributed by atoms with Gasteiger partial charge in [-0.05, 0) is 24.6 Å². The predicted octanol–water partition coefficient (Wildman–Crippen LogP) is 2.34. The molecule has 2 aromatic rings. The normalized spacial score (nSPS) is 18.1. The molecule has 1 N–H and O–H groups in total. The number of hydrogen-bond acceptors (Lipinski definition) is 6. The van der Waals surface area contributed by atoms with E-state index in [9.17, 15) is 18.5 Å². The first-order chi connectivity index (χ1) is 13.5. The lowest BCUT2D eigenvalue weighted by Gasteiger charge is -2.33. The molecule has 1 atom stereocenters. The van der Waals surface area contributed by atoms with Crippen molar-refractivity contribution in [2.24, 2.45) is 0 Å². The van der Waals surface area contributed by atoms with Gasteiger partial charge in [0.15, 0.2) is 4.90 Å². The van der Waals surface area contributed by atoms with Crippen LogP contribution in [0.1, 0.15) is 18.1 Å². The first kappa shape index (κ1) is 20.4. The Labute approximate surface area is 164 Å². The highest BCUT2D eigenvalue weighted by atomic mass is 32.2. The first-order valence-electron chi connectivity index (χ1n) is 9.09. The van der Waals surface area contributed by atoms with E-state index in [2.05, 4.69) is 9.62 Å². The maximum absolute atomic E-state index is 12.4. The fourth-order valence-corrected chi connectivity index (χ4v) is 4.44. The molecule has 0 radical (unpaired) electrons. The highest BCUT2D eigenvalue weighted by molar-refractivity contribution is 7.89. The monoisotopic (exact) mass is 405 g/mol. The lowest BCUT2D eigenvalue weighted by molar-refractivity contribution is -0.387. The molecule has 0 bridgehead atoms. The molecule has 3 rings (SSSR count). The molecular weight excluding hydrogens is 382 g/mol. The standard InChI is InChI=1S/C19H23N3O5S/c23-22(24)17-9-4-5-10-19(17)28(25,26)20-11-6-12-21-13-14-27-18(15-21)16-7-2-1-3-8-16/h1-5,7-10,18,20H,6,11-15H2. The van der Waals surface area contributed by atoms with Crippen molar-refractivity contribution in [1.82, 2.24) is 9.62 Å². The summed E-state index contributed by atoms with van der Waals surface area (Å²) in [6.07, 6.45) is 0.611. The average molecular weight is 405 g/mol. The minimum Gasteiger partial charge on any atom is -0.371 e. The molecule has 150 valence electrons. The summed E-state index contributed by atoms with van der Waals surface area (Å²) in [6.45, 7) is 3.09. The number of para-hydroxylation sites is 1. The van der Waals surface area contributed by atoms with Crippen LogP contribution in [0.5, 0.6) is 0 Å². The van der Waals surface area contributed by atoms with Gasteiger partial charge >= 0.3 is 0 Å². The number of nitrogens with zero attached hydrogens (tertiary/aromatic N) is 2. The van der Waals surface area contributed by atoms with Crippen molar-refractivity contribution in [3.8, 4) is 0 Å². The summed E-state index contributed by atoms with van der Waals surface area (Å²) in [6, 6.07) is 15.3. The summed E-state index contributed by atoms with van der Waals surface area (Å²) in [7, 11) is -3.93. The van der Waals surface area contributed by atoms with E-state index in [0.717, 1.165) is 18.7 Å². The lowest BCUT2D eigenvalue weighted by atomic mass is 10.1. The summed E-state index contributed by atoms with van der Waals surface area (Å²) in [4.78, 5) is 12.3. The quantitative estimate of drug-likeness (QED) is 0.411. The van der Waals surface area contributed by atoms with Crippen LogP contribution in [-0.2, 0) is 14.8 Å². The highest BCUT2D eigenvalue weighted by Crippen LogP contribution is 2.23. The van der Waals surface area contributed by atoms with Gasteiger partial charge < -0.3 is 4.74 Å². The number of morpholine rings is 1. The summed E-state index contributed by atoms with van der Waals surface area (Å²) >= 11 is 0. The van der Waals surface area contributed by atoms with Crippen LogP contribution in [-0.4, -0.2) is 51.0 Å². The first-order valence-corrected chi connectivity index (χ1v) is 10.6. The number of benzene rings is 2. The van der Waals surface area contributed by atoms with Gasteiger partial charge in [-0.3, -0.25) is 15.0 Å². The van der Waals surface area contributed by atoms with E-state index in [4.69, 9.17) is 4.74 Å². The summed E-state index contributed by atoms with van der Waals surface area (Å²) in [5.74, 6) is 0. The van der Waals surface area contributed by atoms with Crippen LogP contribution in [0.4, 0.5) is 5.69 Å². The van der Waals surface area contributed by atoms with Crippen LogP contribution >= 0.6 is 0 Å². The molecule has 0 saturated carbocycles. The van der Waals surface area contributed by atoms with Crippen molar-refractivity contribution >= 4 is 15.7 Å². The molecular formula is C19H23N3O5S. The minimum atomic E-state index is -3.93. The number of hydrogen-bond donors (Lipinski definition) is 1. The number of sulfonamides is 1. The molecule has 1 aliphatic heterocycles. The van der Waals surface area contributed by atoms with E-state index < -0.39 is 20.6 Å². The van der Waals surface area contributed by atoms with E-state index in [-0.39, 0.29) is 17.5 Å². The van der Waals surface area contributed by atoms with Crippen LogP contribution in [0, 0.1) is 10.1 Å². The van der Waals surface area contributed by atoms with E-state index in [0.29, 0.717) is 19.6 Å². The van der Waals surface area contributed by atoms with Crippen LogP contribution < -0.4 is 4.72 Å². The summed E-state index contributed by atoms with van der Waals surface area (Å²) in [5.41, 5.74) is 0.707. The van der Waals surface area contributed by atoms with Crippen LogP contribution in [0.2, 0.25) is 0 Å². The molecule has 0 spiro atoms. The Morgan fingerprint density at radius 1 is 1.14 bits per heavy atom. The number of nitrogens with one attached hydrogen (secondary N) is 1. The Hall–Kier alpha value is -2.33. The third-order valence-electron chi connectivity index (χ3n) is 4.62. The van der Waals surface area contributed by atoms with Gasteiger partial charge in [0.25, 0.3) is 5.69 Å². The number of nitro groups is 1. The maximum atomic E-state index is 12.4. The summed E-state index contributed by atoms with van der Waals surface area (Å²) < 4.78 is 33.1. The number of rotatable bonds is 8. The second-order valence-corrected chi connectivity index (χ2v) is 8.28. The van der Waals surface area contributed by atoms with Gasteiger partial charge in [-0.2, -0.15) is 0 Å². The number of ether oxygens (including phenoxy) is 1. The van der Waals surface area contributed by atoms with Gasteiger partial charge in [0.2, 0.25) is 10.0 Å². The average Bonchev–Trinajstić information content (AvgIpc) is 2.72. The van der Waals surface area contributed by atoms with Crippen molar-refractivity contribution in [1.29, 1.82) is 0 Å². The van der Waals surface area contributed by atoms with Crippen molar-refractivity contribution in [2.45, 2.75) is 17.4 Å². The van der Waals surface area contributed by atoms with Gasteiger partial charge in [0.05, 0.1) is 17.6 Å². The summed E-state index contributed by atoms with van der Waals surface area (Å²) in [5, 5.41) is 11.0. The van der Waals surface area contributed by atoms with Crippen LogP contribution in [0.15, 0.2) is 59.5 Å². The van der Waals surface area contributed by atoms with Crippen molar-refractivity contribution in [2.75, 3.05) is 32.8 Å². The molecule has 8 nitrogen and oxygen atoms in total. The maximum Gasteiger partial charge on any atom is 0.289 e. The molecule has 1 heterocycles. The van der Waals surface area contributed by atoms with Crippen LogP contribution in [0.25, 0.3) is 0 Å². The van der Waals surface area contributed by atoms with Gasteiger partial charge in [-0.1, -0.05) is 42.5 Å². The van der Waals surface area contributed by atoms with E-state index in [1.165, 1.54) is 24.3 Å². The van der Waals surface area contributed by atoms with Crippen molar-refractivity contribution in [3.05, 3.63) is 70.3 Å². The van der Waals surface area contributed by atoms with Gasteiger partial charge in [0.1, 0.15) is 0 Å². The molecule has 0 amide bonds. The van der Waals surface area contributed by atoms with Crippen molar-refractivity contribution in [3.63, 3.8) is 0 Å². The lowest BCUT2D eigenvalue weighted by Crippen LogP contribution is -2.39. The molecule has 1 aliphatic rings. The molecule has 9 heteroatoms. The fourth-order valence-electron chi connectivity index (χ4n) is 3.20. The topological polar surface area (TPSA) is 102 Å². The molecule has 28 heavy (non-hydrogen) atoms. The second-order valence-electron chi connectivity index (χ2n) is 6.55. The Balaban J connectivity index is 1.51. The molecule has 2 aromatic carbocycles. The SMILES string of the molecule is O=[N+]([O-])c1ccccc1S(=O)(=O)NCCCN1CCOC(c2ccccc2)C1. The highest BCUT2D eigenvalue weighted by Gasteiger charge is 2.25. The zero-order valence-electron chi connectivity index (χ0n) is 15.4.